The SMILES string of the molecule is O=C(Nc1ccc(N2CCCC2=O)cc1)c1c2c(nc3ccccc13)CCC2. The highest BCUT2D eigenvalue weighted by Crippen LogP contribution is 2.31. The summed E-state index contributed by atoms with van der Waals surface area (Å²) in [4.78, 5) is 31.6. The van der Waals surface area contributed by atoms with Crippen molar-refractivity contribution in [3.63, 3.8) is 0 Å². The molecule has 1 saturated heterocycles. The van der Waals surface area contributed by atoms with Gasteiger partial charge in [-0.15, -0.1) is 0 Å². The van der Waals surface area contributed by atoms with E-state index in [1.54, 1.807) is 4.90 Å². The lowest BCUT2D eigenvalue weighted by Crippen LogP contribution is -2.23. The van der Waals surface area contributed by atoms with Gasteiger partial charge in [-0.1, -0.05) is 18.2 Å². The van der Waals surface area contributed by atoms with Gasteiger partial charge in [-0.25, -0.2) is 0 Å². The Balaban J connectivity index is 1.46. The molecule has 5 heteroatoms. The van der Waals surface area contributed by atoms with E-state index in [1.807, 2.05) is 48.5 Å². The highest BCUT2D eigenvalue weighted by atomic mass is 16.2. The number of pyridine rings is 1. The van der Waals surface area contributed by atoms with Crippen LogP contribution in [0.25, 0.3) is 10.9 Å². The molecule has 1 aliphatic carbocycles. The summed E-state index contributed by atoms with van der Waals surface area (Å²) in [5.41, 5.74) is 5.36. The average molecular weight is 371 g/mol. The third-order valence-electron chi connectivity index (χ3n) is 5.66. The number of fused-ring (bicyclic) bond motifs is 2. The normalized spacial score (nSPS) is 15.9. The van der Waals surface area contributed by atoms with E-state index in [4.69, 9.17) is 4.98 Å². The Kier molecular flexibility index (Phi) is 4.08. The third-order valence-corrected chi connectivity index (χ3v) is 5.66. The molecule has 0 atom stereocenters. The highest BCUT2D eigenvalue weighted by Gasteiger charge is 2.24. The lowest BCUT2D eigenvalue weighted by molar-refractivity contribution is -0.117. The summed E-state index contributed by atoms with van der Waals surface area (Å²) in [6.07, 6.45) is 4.37. The van der Waals surface area contributed by atoms with Gasteiger partial charge in [0, 0.05) is 35.4 Å². The fourth-order valence-corrected chi connectivity index (χ4v) is 4.31. The Morgan fingerprint density at radius 1 is 0.964 bits per heavy atom. The fourth-order valence-electron chi connectivity index (χ4n) is 4.31. The minimum absolute atomic E-state index is 0.0956. The molecule has 2 aromatic carbocycles. The van der Waals surface area contributed by atoms with Crippen molar-refractivity contribution in [3.05, 3.63) is 65.4 Å². The number of benzene rings is 2. The van der Waals surface area contributed by atoms with Crippen molar-refractivity contribution in [1.82, 2.24) is 4.98 Å². The Morgan fingerprint density at radius 3 is 2.57 bits per heavy atom. The van der Waals surface area contributed by atoms with Gasteiger partial charge in [0.2, 0.25) is 5.91 Å². The van der Waals surface area contributed by atoms with E-state index in [9.17, 15) is 9.59 Å². The van der Waals surface area contributed by atoms with Crippen LogP contribution in [0.1, 0.15) is 40.9 Å². The van der Waals surface area contributed by atoms with Gasteiger partial charge in [-0.05, 0) is 61.6 Å². The van der Waals surface area contributed by atoms with Crippen LogP contribution in [0, 0.1) is 0 Å². The van der Waals surface area contributed by atoms with Gasteiger partial charge < -0.3 is 10.2 Å². The van der Waals surface area contributed by atoms with E-state index < -0.39 is 0 Å². The number of aromatic nitrogens is 1. The van der Waals surface area contributed by atoms with Gasteiger partial charge in [0.1, 0.15) is 0 Å². The Hall–Kier alpha value is -3.21. The highest BCUT2D eigenvalue weighted by molar-refractivity contribution is 6.13. The number of nitrogens with one attached hydrogen (secondary N) is 1. The maximum atomic E-state index is 13.2. The molecule has 0 bridgehead atoms. The topological polar surface area (TPSA) is 62.3 Å². The number of rotatable bonds is 3. The first-order valence-electron chi connectivity index (χ1n) is 9.83. The first-order chi connectivity index (χ1) is 13.7. The molecule has 1 aromatic heterocycles. The molecular weight excluding hydrogens is 350 g/mol. The zero-order valence-corrected chi connectivity index (χ0v) is 15.6. The molecule has 0 unspecified atom stereocenters. The number of amides is 2. The second kappa shape index (κ2) is 6.75. The van der Waals surface area contributed by atoms with E-state index >= 15 is 0 Å². The molecule has 2 heterocycles. The summed E-state index contributed by atoms with van der Waals surface area (Å²) < 4.78 is 0. The van der Waals surface area contributed by atoms with Crippen LogP contribution in [0.2, 0.25) is 0 Å². The number of carbonyl (C=O) groups is 2. The predicted molar refractivity (Wildman–Crippen MR) is 110 cm³/mol. The molecule has 28 heavy (non-hydrogen) atoms. The quantitative estimate of drug-likeness (QED) is 0.754. The number of carbonyl (C=O) groups excluding carboxylic acids is 2. The first-order valence-corrected chi connectivity index (χ1v) is 9.83. The molecule has 2 aliphatic rings. The van der Waals surface area contributed by atoms with Crippen LogP contribution in [0.15, 0.2) is 48.5 Å². The maximum Gasteiger partial charge on any atom is 0.256 e. The van der Waals surface area contributed by atoms with Crippen LogP contribution < -0.4 is 10.2 Å². The molecule has 1 aliphatic heterocycles. The molecule has 2 amide bonds. The van der Waals surface area contributed by atoms with Crippen molar-refractivity contribution in [2.24, 2.45) is 0 Å². The number of nitrogens with zero attached hydrogens (tertiary/aromatic N) is 2. The van der Waals surface area contributed by atoms with Crippen molar-refractivity contribution in [1.29, 1.82) is 0 Å². The summed E-state index contributed by atoms with van der Waals surface area (Å²) in [6, 6.07) is 15.4. The smallest absolute Gasteiger partial charge is 0.256 e. The zero-order valence-electron chi connectivity index (χ0n) is 15.6. The number of anilines is 2. The molecule has 0 spiro atoms. The van der Waals surface area contributed by atoms with Crippen molar-refractivity contribution >= 4 is 34.1 Å². The van der Waals surface area contributed by atoms with E-state index in [0.717, 1.165) is 71.3 Å². The molecule has 1 N–H and O–H groups in total. The zero-order chi connectivity index (χ0) is 19.1. The fraction of sp³-hybridized carbons (Fsp3) is 0.261. The van der Waals surface area contributed by atoms with Crippen LogP contribution in [-0.2, 0) is 17.6 Å². The van der Waals surface area contributed by atoms with Crippen LogP contribution in [-0.4, -0.2) is 23.3 Å². The summed E-state index contributed by atoms with van der Waals surface area (Å²) in [5, 5.41) is 3.94. The molecular formula is C23H21N3O2. The van der Waals surface area contributed by atoms with E-state index in [0.29, 0.717) is 6.42 Å². The minimum atomic E-state index is -0.0956. The van der Waals surface area contributed by atoms with Gasteiger partial charge in [0.25, 0.3) is 5.91 Å². The Morgan fingerprint density at radius 2 is 1.79 bits per heavy atom. The first kappa shape index (κ1) is 16.9. The van der Waals surface area contributed by atoms with Gasteiger partial charge >= 0.3 is 0 Å². The Bertz CT molecular complexity index is 1090. The Labute approximate surface area is 163 Å². The van der Waals surface area contributed by atoms with Gasteiger partial charge in [-0.2, -0.15) is 0 Å². The molecule has 1 fully saturated rings. The lowest BCUT2D eigenvalue weighted by atomic mass is 10.0. The second-order valence-corrected chi connectivity index (χ2v) is 7.43. The van der Waals surface area contributed by atoms with Gasteiger partial charge in [-0.3, -0.25) is 14.6 Å². The molecule has 0 saturated carbocycles. The summed E-state index contributed by atoms with van der Waals surface area (Å²) in [5.74, 6) is 0.0670. The summed E-state index contributed by atoms with van der Waals surface area (Å²) in [7, 11) is 0. The number of hydrogen-bond donors (Lipinski definition) is 1. The standard InChI is InChI=1S/C23H21N3O2/c27-21-9-4-14-26(21)16-12-10-15(11-13-16)24-23(28)22-17-5-1-2-7-19(17)25-20-8-3-6-18(20)22/h1-2,5,7,10-13H,3-4,6,8-9,14H2,(H,24,28). The number of para-hydroxylation sites is 1. The van der Waals surface area contributed by atoms with E-state index in [1.165, 1.54) is 0 Å². The van der Waals surface area contributed by atoms with Crippen molar-refractivity contribution < 1.29 is 9.59 Å². The second-order valence-electron chi connectivity index (χ2n) is 7.43. The summed E-state index contributed by atoms with van der Waals surface area (Å²) in [6.45, 7) is 0.764. The molecule has 5 nitrogen and oxygen atoms in total. The van der Waals surface area contributed by atoms with Crippen LogP contribution in [0.5, 0.6) is 0 Å². The van der Waals surface area contributed by atoms with Crippen molar-refractivity contribution in [3.8, 4) is 0 Å². The molecule has 5 rings (SSSR count). The predicted octanol–water partition coefficient (Wildman–Crippen LogP) is 4.10. The van der Waals surface area contributed by atoms with Gasteiger partial charge in [0.05, 0.1) is 11.1 Å². The van der Waals surface area contributed by atoms with Gasteiger partial charge in [0.15, 0.2) is 0 Å². The average Bonchev–Trinajstić information content (AvgIpc) is 3.35. The van der Waals surface area contributed by atoms with Crippen molar-refractivity contribution in [2.75, 3.05) is 16.8 Å². The molecule has 3 aromatic rings. The van der Waals surface area contributed by atoms with Crippen LogP contribution in [0.3, 0.4) is 0 Å². The third kappa shape index (κ3) is 2.83. The van der Waals surface area contributed by atoms with Crippen LogP contribution >= 0.6 is 0 Å². The molecule has 140 valence electrons. The van der Waals surface area contributed by atoms with Crippen LogP contribution in [0.4, 0.5) is 11.4 Å². The van der Waals surface area contributed by atoms with E-state index in [-0.39, 0.29) is 11.8 Å². The number of aryl methyl sites for hydroxylation is 1. The molecule has 0 radical (unpaired) electrons. The summed E-state index contributed by atoms with van der Waals surface area (Å²) >= 11 is 0. The van der Waals surface area contributed by atoms with E-state index in [2.05, 4.69) is 5.32 Å². The van der Waals surface area contributed by atoms with Crippen molar-refractivity contribution in [2.45, 2.75) is 32.1 Å². The lowest BCUT2D eigenvalue weighted by Gasteiger charge is -2.16. The number of hydrogen-bond acceptors (Lipinski definition) is 3. The minimum Gasteiger partial charge on any atom is -0.322 e. The maximum absolute atomic E-state index is 13.2. The monoisotopic (exact) mass is 371 g/mol. The largest absolute Gasteiger partial charge is 0.322 e.